The van der Waals surface area contributed by atoms with Gasteiger partial charge in [0.2, 0.25) is 0 Å². The van der Waals surface area contributed by atoms with Crippen LogP contribution in [0, 0.1) is 18.8 Å². The van der Waals surface area contributed by atoms with Crippen LogP contribution in [0.3, 0.4) is 0 Å². The largest absolute Gasteiger partial charge is 0.305 e. The molecule has 0 saturated heterocycles. The summed E-state index contributed by atoms with van der Waals surface area (Å²) in [5.74, 6) is 4.68. The smallest absolute Gasteiger partial charge is 0.267 e. The zero-order valence-corrected chi connectivity index (χ0v) is 8.95. The molecule has 0 saturated carbocycles. The zero-order chi connectivity index (χ0) is 12.4. The number of aryl methyl sites for hydroxylation is 1. The average Bonchev–Trinajstić information content (AvgIpc) is 2.64. The lowest BCUT2D eigenvalue weighted by Gasteiger charge is -2.03. The van der Waals surface area contributed by atoms with E-state index in [0.29, 0.717) is 17.5 Å². The Morgan fingerprint density at radius 3 is 2.88 bits per heavy atom. The number of carbonyl (C=O) groups excluding carboxylic acids is 1. The maximum atomic E-state index is 12.8. The molecule has 2 aromatic heterocycles. The van der Waals surface area contributed by atoms with Crippen molar-refractivity contribution in [3.8, 4) is 11.8 Å². The highest BCUT2D eigenvalue weighted by atomic mass is 19.3. The first-order chi connectivity index (χ1) is 8.11. The van der Waals surface area contributed by atoms with E-state index in [1.165, 1.54) is 10.5 Å². The predicted molar refractivity (Wildman–Crippen MR) is 57.8 cm³/mol. The molecule has 0 bridgehead atoms. The molecule has 17 heavy (non-hydrogen) atoms. The van der Waals surface area contributed by atoms with Gasteiger partial charge in [0, 0.05) is 18.0 Å². The summed E-state index contributed by atoms with van der Waals surface area (Å²) in [5.41, 5.74) is 1.04. The minimum absolute atomic E-state index is 0.184. The maximum absolute atomic E-state index is 12.8. The van der Waals surface area contributed by atoms with Crippen molar-refractivity contribution in [2.24, 2.45) is 0 Å². The van der Waals surface area contributed by atoms with Crippen molar-refractivity contribution in [2.75, 3.05) is 0 Å². The van der Waals surface area contributed by atoms with Gasteiger partial charge in [0.05, 0.1) is 11.3 Å². The van der Waals surface area contributed by atoms with Gasteiger partial charge in [0.25, 0.3) is 6.43 Å². The van der Waals surface area contributed by atoms with Crippen molar-refractivity contribution >= 4 is 11.9 Å². The summed E-state index contributed by atoms with van der Waals surface area (Å²) in [4.78, 5) is 14.1. The van der Waals surface area contributed by atoms with Gasteiger partial charge in [-0.15, -0.1) is 0 Å². The van der Waals surface area contributed by atoms with Crippen LogP contribution in [0.5, 0.6) is 0 Å². The van der Waals surface area contributed by atoms with Gasteiger partial charge in [0.1, 0.15) is 5.65 Å². The lowest BCUT2D eigenvalue weighted by atomic mass is 10.2. The molecule has 0 N–H and O–H groups in total. The number of rotatable bonds is 1. The van der Waals surface area contributed by atoms with Crippen LogP contribution >= 0.6 is 0 Å². The molecule has 0 aromatic carbocycles. The summed E-state index contributed by atoms with van der Waals surface area (Å²) >= 11 is 0. The number of halogens is 2. The van der Waals surface area contributed by atoms with E-state index in [1.54, 1.807) is 19.3 Å². The second-order valence-electron chi connectivity index (χ2n) is 3.49. The van der Waals surface area contributed by atoms with Crippen LogP contribution in [0.25, 0.3) is 5.65 Å². The molecule has 2 rings (SSSR count). The van der Waals surface area contributed by atoms with Gasteiger partial charge < -0.3 is 4.40 Å². The molecule has 0 fully saturated rings. The summed E-state index contributed by atoms with van der Waals surface area (Å²) in [6.45, 7) is 1.72. The Balaban J connectivity index is 2.70. The van der Waals surface area contributed by atoms with E-state index in [-0.39, 0.29) is 11.2 Å². The molecule has 5 heteroatoms. The van der Waals surface area contributed by atoms with Gasteiger partial charge in [-0.25, -0.2) is 13.8 Å². The first-order valence-corrected chi connectivity index (χ1v) is 4.84. The number of aromatic nitrogens is 2. The second-order valence-corrected chi connectivity index (χ2v) is 3.49. The summed E-state index contributed by atoms with van der Waals surface area (Å²) in [5, 5.41) is 0. The molecular weight excluding hydrogens is 226 g/mol. The van der Waals surface area contributed by atoms with Crippen LogP contribution in [0.4, 0.5) is 8.78 Å². The van der Waals surface area contributed by atoms with Crippen LogP contribution in [-0.4, -0.2) is 15.7 Å². The molecule has 86 valence electrons. The molecular formula is C12H8F2N2O. The van der Waals surface area contributed by atoms with E-state index in [1.807, 2.05) is 0 Å². The van der Waals surface area contributed by atoms with Crippen molar-refractivity contribution in [1.29, 1.82) is 0 Å². The number of pyridine rings is 1. The molecule has 0 aliphatic carbocycles. The van der Waals surface area contributed by atoms with E-state index in [9.17, 15) is 13.6 Å². The normalized spacial score (nSPS) is 10.4. The lowest BCUT2D eigenvalue weighted by Crippen LogP contribution is -1.94. The third-order valence-corrected chi connectivity index (χ3v) is 2.21. The van der Waals surface area contributed by atoms with Crippen molar-refractivity contribution in [3.05, 3.63) is 35.3 Å². The van der Waals surface area contributed by atoms with Crippen LogP contribution < -0.4 is 0 Å². The van der Waals surface area contributed by atoms with E-state index >= 15 is 0 Å². The van der Waals surface area contributed by atoms with Gasteiger partial charge in [-0.3, -0.25) is 4.79 Å². The minimum atomic E-state index is -2.63. The van der Waals surface area contributed by atoms with Gasteiger partial charge in [0.15, 0.2) is 6.29 Å². The van der Waals surface area contributed by atoms with E-state index < -0.39 is 6.43 Å². The third kappa shape index (κ3) is 2.16. The first kappa shape index (κ1) is 11.3. The third-order valence-electron chi connectivity index (χ3n) is 2.21. The first-order valence-electron chi connectivity index (χ1n) is 4.84. The molecule has 3 nitrogen and oxygen atoms in total. The molecule has 0 aliphatic rings. The molecule has 0 radical (unpaired) electrons. The molecule has 2 heterocycles. The second kappa shape index (κ2) is 4.34. The number of alkyl halides is 2. The summed E-state index contributed by atoms with van der Waals surface area (Å²) < 4.78 is 27.2. The van der Waals surface area contributed by atoms with E-state index in [2.05, 4.69) is 16.8 Å². The lowest BCUT2D eigenvalue weighted by molar-refractivity contribution is -0.103. The number of hydrogen-bond acceptors (Lipinski definition) is 2. The van der Waals surface area contributed by atoms with Crippen LogP contribution in [0.2, 0.25) is 0 Å². The zero-order valence-electron chi connectivity index (χ0n) is 8.95. The number of imidazole rings is 1. The summed E-state index contributed by atoms with van der Waals surface area (Å²) in [7, 11) is 0. The highest BCUT2D eigenvalue weighted by molar-refractivity contribution is 5.74. The van der Waals surface area contributed by atoms with Crippen molar-refractivity contribution in [3.63, 3.8) is 0 Å². The quantitative estimate of drug-likeness (QED) is 0.559. The van der Waals surface area contributed by atoms with Gasteiger partial charge in [-0.05, 0) is 18.9 Å². The Labute approximate surface area is 96.1 Å². The fraction of sp³-hybridized carbons (Fsp3) is 0.167. The van der Waals surface area contributed by atoms with Crippen molar-refractivity contribution in [1.82, 2.24) is 9.38 Å². The number of carbonyl (C=O) groups is 1. The minimum Gasteiger partial charge on any atom is -0.305 e. The molecule has 0 amide bonds. The number of hydrogen-bond donors (Lipinski definition) is 0. The van der Waals surface area contributed by atoms with Gasteiger partial charge in [-0.1, -0.05) is 5.92 Å². The topological polar surface area (TPSA) is 34.4 Å². The Hall–Kier alpha value is -2.22. The number of fused-ring (bicyclic) bond motifs is 1. The van der Waals surface area contributed by atoms with Crippen molar-refractivity contribution in [2.45, 2.75) is 13.3 Å². The molecule has 0 atom stereocenters. The molecule has 0 spiro atoms. The molecule has 2 aromatic rings. The van der Waals surface area contributed by atoms with Crippen LogP contribution in [-0.2, 0) is 4.79 Å². The van der Waals surface area contributed by atoms with Gasteiger partial charge in [-0.2, -0.15) is 0 Å². The van der Waals surface area contributed by atoms with Crippen molar-refractivity contribution < 1.29 is 13.6 Å². The maximum Gasteiger partial charge on any atom is 0.267 e. The molecule has 0 aliphatic heterocycles. The molecule has 0 unspecified atom stereocenters. The Kier molecular flexibility index (Phi) is 2.88. The van der Waals surface area contributed by atoms with Gasteiger partial charge >= 0.3 is 0 Å². The average molecular weight is 234 g/mol. The Morgan fingerprint density at radius 2 is 2.24 bits per heavy atom. The monoisotopic (exact) mass is 234 g/mol. The Morgan fingerprint density at radius 1 is 1.47 bits per heavy atom. The SMILES string of the molecule is Cc1cn2cc(C#CC=O)cc(C(F)F)c2n1. The fourth-order valence-corrected chi connectivity index (χ4v) is 1.59. The van der Waals surface area contributed by atoms with Crippen LogP contribution in [0.15, 0.2) is 18.5 Å². The highest BCUT2D eigenvalue weighted by Gasteiger charge is 2.15. The number of aldehydes is 1. The standard InChI is InChI=1S/C12H8F2N2O/c1-8-6-16-7-9(3-2-4-17)5-10(11(13)14)12(16)15-8/h4-7,11H,1H3. The number of nitrogens with zero attached hydrogens (tertiary/aromatic N) is 2. The van der Waals surface area contributed by atoms with E-state index in [0.717, 1.165) is 0 Å². The predicted octanol–water partition coefficient (Wildman–Crippen LogP) is 2.13. The van der Waals surface area contributed by atoms with E-state index in [4.69, 9.17) is 0 Å². The highest BCUT2D eigenvalue weighted by Crippen LogP contribution is 2.24. The summed E-state index contributed by atoms with van der Waals surface area (Å²) in [6.07, 6.45) is 0.994. The fourth-order valence-electron chi connectivity index (χ4n) is 1.59. The summed E-state index contributed by atoms with van der Waals surface area (Å²) in [6, 6.07) is 1.25. The Bertz CT molecular complexity index is 635. The van der Waals surface area contributed by atoms with Crippen LogP contribution in [0.1, 0.15) is 23.2 Å².